The van der Waals surface area contributed by atoms with Crippen molar-refractivity contribution in [2.75, 3.05) is 55.9 Å². The first-order chi connectivity index (χ1) is 20.0. The number of hydrogen-bond acceptors (Lipinski definition) is 8. The van der Waals surface area contributed by atoms with E-state index in [1.54, 1.807) is 20.5 Å². The van der Waals surface area contributed by atoms with Crippen molar-refractivity contribution in [1.82, 2.24) is 19.9 Å². The molecule has 0 bridgehead atoms. The van der Waals surface area contributed by atoms with Gasteiger partial charge in [-0.3, -0.25) is 0 Å². The third kappa shape index (κ3) is 5.41. The Kier molecular flexibility index (Phi) is 7.45. The Bertz CT molecular complexity index is 1670. The number of thiocarbonyl (C=S) groups is 1. The highest BCUT2D eigenvalue weighted by Gasteiger charge is 2.24. The van der Waals surface area contributed by atoms with Crippen molar-refractivity contribution >= 4 is 56.5 Å². The Hall–Kier alpha value is -4.61. The normalized spacial score (nSPS) is 14.2. The maximum atomic E-state index is 10.4. The van der Waals surface area contributed by atoms with Crippen LogP contribution in [0.3, 0.4) is 0 Å². The molecule has 0 amide bonds. The zero-order valence-electron chi connectivity index (χ0n) is 22.8. The minimum absolute atomic E-state index is 0.659. The van der Waals surface area contributed by atoms with Crippen molar-refractivity contribution < 1.29 is 14.6 Å². The Morgan fingerprint density at radius 1 is 0.927 bits per heavy atom. The summed E-state index contributed by atoms with van der Waals surface area (Å²) in [5.41, 5.74) is 4.20. The Morgan fingerprint density at radius 2 is 1.61 bits per heavy atom. The lowest BCUT2D eigenvalue weighted by molar-refractivity contribution is 0.208. The molecule has 2 aromatic heterocycles. The van der Waals surface area contributed by atoms with E-state index in [-0.39, 0.29) is 0 Å². The van der Waals surface area contributed by atoms with Crippen LogP contribution < -0.4 is 25.0 Å². The van der Waals surface area contributed by atoms with E-state index >= 15 is 0 Å². The van der Waals surface area contributed by atoms with Crippen LogP contribution in [-0.2, 0) is 0 Å². The fraction of sp³-hybridized carbons (Fsp3) is 0.233. The minimum Gasteiger partial charge on any atom is -0.493 e. The highest BCUT2D eigenvalue weighted by molar-refractivity contribution is 7.80. The molecule has 0 radical (unpaired) electrons. The first-order valence-corrected chi connectivity index (χ1v) is 13.7. The number of benzene rings is 3. The van der Waals surface area contributed by atoms with Crippen molar-refractivity contribution in [2.45, 2.75) is 6.23 Å². The zero-order chi connectivity index (χ0) is 28.3. The number of aliphatic hydroxyl groups excluding tert-OH is 1. The number of nitrogens with one attached hydrogen (secondary N) is 3. The summed E-state index contributed by atoms with van der Waals surface area (Å²) < 4.78 is 11.0. The maximum Gasteiger partial charge on any atom is 0.173 e. The first-order valence-electron chi connectivity index (χ1n) is 13.3. The first kappa shape index (κ1) is 26.6. The quantitative estimate of drug-likeness (QED) is 0.162. The molecule has 5 aromatic rings. The van der Waals surface area contributed by atoms with Gasteiger partial charge >= 0.3 is 0 Å². The van der Waals surface area contributed by atoms with E-state index in [0.717, 1.165) is 70.9 Å². The summed E-state index contributed by atoms with van der Waals surface area (Å²) >= 11 is 5.74. The fourth-order valence-corrected chi connectivity index (χ4v) is 5.43. The average Bonchev–Trinajstić information content (AvgIpc) is 3.39. The molecule has 3 aromatic carbocycles. The van der Waals surface area contributed by atoms with Gasteiger partial charge in [0.2, 0.25) is 0 Å². The smallest absolute Gasteiger partial charge is 0.173 e. The van der Waals surface area contributed by atoms with Crippen LogP contribution in [-0.4, -0.2) is 70.5 Å². The molecule has 4 N–H and O–H groups in total. The van der Waals surface area contributed by atoms with E-state index in [2.05, 4.69) is 35.4 Å². The number of hydrogen-bond donors (Lipinski definition) is 4. The second-order valence-corrected chi connectivity index (χ2v) is 10.1. The van der Waals surface area contributed by atoms with Crippen LogP contribution >= 0.6 is 12.2 Å². The number of piperazine rings is 1. The molecule has 41 heavy (non-hydrogen) atoms. The second kappa shape index (κ2) is 11.5. The molecule has 3 heterocycles. The molecule has 1 unspecified atom stereocenters. The number of H-pyrrole nitrogens is 1. The van der Waals surface area contributed by atoms with Crippen LogP contribution in [0.1, 0.15) is 11.8 Å². The summed E-state index contributed by atoms with van der Waals surface area (Å²) in [7, 11) is 3.26. The molecule has 1 atom stereocenters. The molecule has 0 spiro atoms. The standard InChI is InChI=1S/C30H31N7O3S/c1-39-24-16-22-23(17-25(24)40-2)35-27-26(22)28(32-18-31-27)36-12-14-37(15-13-36)30(41)34-21-10-8-20(9-11-21)33-29(38)19-6-4-3-5-7-19/h3-11,16-18,29,33,38H,12-15H2,1-2H3,(H,34,41)(H,31,32,35). The summed E-state index contributed by atoms with van der Waals surface area (Å²) in [6.45, 7) is 3.02. The fourth-order valence-electron chi connectivity index (χ4n) is 5.13. The zero-order valence-corrected chi connectivity index (χ0v) is 23.6. The lowest BCUT2D eigenvalue weighted by atomic mass is 10.1. The summed E-state index contributed by atoms with van der Waals surface area (Å²) in [4.78, 5) is 17.0. The number of aliphatic hydroxyl groups is 1. The average molecular weight is 570 g/mol. The van der Waals surface area contributed by atoms with Gasteiger partial charge < -0.3 is 40.0 Å². The molecule has 6 rings (SSSR count). The second-order valence-electron chi connectivity index (χ2n) is 9.74. The van der Waals surface area contributed by atoms with Gasteiger partial charge in [0, 0.05) is 54.6 Å². The van der Waals surface area contributed by atoms with Gasteiger partial charge in [0.15, 0.2) is 22.8 Å². The van der Waals surface area contributed by atoms with Gasteiger partial charge in [-0.2, -0.15) is 0 Å². The van der Waals surface area contributed by atoms with Gasteiger partial charge in [-0.05, 0) is 42.5 Å². The van der Waals surface area contributed by atoms with Gasteiger partial charge in [-0.1, -0.05) is 30.3 Å². The number of methoxy groups -OCH3 is 2. The van der Waals surface area contributed by atoms with Gasteiger partial charge in [0.1, 0.15) is 17.8 Å². The van der Waals surface area contributed by atoms with Crippen LogP contribution in [0, 0.1) is 0 Å². The monoisotopic (exact) mass is 569 g/mol. The van der Waals surface area contributed by atoms with E-state index in [1.807, 2.05) is 66.7 Å². The molecule has 1 saturated heterocycles. The van der Waals surface area contributed by atoms with Crippen LogP contribution in [0.4, 0.5) is 17.2 Å². The summed E-state index contributed by atoms with van der Waals surface area (Å²) in [6.07, 6.45) is 0.815. The number of fused-ring (bicyclic) bond motifs is 3. The SMILES string of the molecule is COc1cc2[nH]c3ncnc(N4CCN(C(=S)Nc5ccc(NC(O)c6ccccc6)cc5)CC4)c3c2cc1OC. The van der Waals surface area contributed by atoms with Crippen molar-refractivity contribution in [3.05, 3.63) is 78.6 Å². The third-order valence-electron chi connectivity index (χ3n) is 7.29. The molecule has 210 valence electrons. The van der Waals surface area contributed by atoms with Crippen LogP contribution in [0.15, 0.2) is 73.1 Å². The molecule has 10 nitrogen and oxygen atoms in total. The van der Waals surface area contributed by atoms with Crippen LogP contribution in [0.5, 0.6) is 11.5 Å². The number of aromatic nitrogens is 3. The predicted molar refractivity (Wildman–Crippen MR) is 166 cm³/mol. The van der Waals surface area contributed by atoms with E-state index in [4.69, 9.17) is 21.7 Å². The van der Waals surface area contributed by atoms with Crippen molar-refractivity contribution in [2.24, 2.45) is 0 Å². The molecule has 1 aliphatic rings. The van der Waals surface area contributed by atoms with E-state index in [1.165, 1.54) is 0 Å². The number of aromatic amines is 1. The van der Waals surface area contributed by atoms with Crippen molar-refractivity contribution in [3.63, 3.8) is 0 Å². The maximum absolute atomic E-state index is 10.4. The molecule has 0 aliphatic carbocycles. The largest absolute Gasteiger partial charge is 0.493 e. The summed E-state index contributed by atoms with van der Waals surface area (Å²) in [6, 6.07) is 21.1. The number of ether oxygens (including phenoxy) is 2. The number of anilines is 3. The predicted octanol–water partition coefficient (Wildman–Crippen LogP) is 4.75. The Labute approximate surface area is 242 Å². The van der Waals surface area contributed by atoms with Gasteiger partial charge in [0.25, 0.3) is 0 Å². The number of nitrogens with zero attached hydrogens (tertiary/aromatic N) is 4. The molecular formula is C30H31N7O3S. The molecule has 1 fully saturated rings. The van der Waals surface area contributed by atoms with Crippen LogP contribution in [0.2, 0.25) is 0 Å². The van der Waals surface area contributed by atoms with Gasteiger partial charge in [-0.25, -0.2) is 9.97 Å². The van der Waals surface area contributed by atoms with Crippen molar-refractivity contribution in [1.29, 1.82) is 0 Å². The van der Waals surface area contributed by atoms with E-state index in [0.29, 0.717) is 16.6 Å². The lowest BCUT2D eigenvalue weighted by Crippen LogP contribution is -2.50. The van der Waals surface area contributed by atoms with Crippen LogP contribution in [0.25, 0.3) is 21.9 Å². The summed E-state index contributed by atoms with van der Waals surface area (Å²) in [5.74, 6) is 2.20. The number of rotatable bonds is 7. The highest BCUT2D eigenvalue weighted by atomic mass is 32.1. The molecular weight excluding hydrogens is 538 g/mol. The topological polar surface area (TPSA) is 111 Å². The molecule has 1 aliphatic heterocycles. The highest BCUT2D eigenvalue weighted by Crippen LogP contribution is 2.38. The summed E-state index contributed by atoms with van der Waals surface area (Å²) in [5, 5.41) is 19.5. The molecule has 11 heteroatoms. The van der Waals surface area contributed by atoms with E-state index in [9.17, 15) is 5.11 Å². The third-order valence-corrected chi connectivity index (χ3v) is 7.65. The van der Waals surface area contributed by atoms with Crippen molar-refractivity contribution in [3.8, 4) is 11.5 Å². The Morgan fingerprint density at radius 3 is 2.32 bits per heavy atom. The minimum atomic E-state index is -0.780. The molecule has 0 saturated carbocycles. The lowest BCUT2D eigenvalue weighted by Gasteiger charge is -2.37. The van der Waals surface area contributed by atoms with Gasteiger partial charge in [-0.15, -0.1) is 0 Å². The van der Waals surface area contributed by atoms with Gasteiger partial charge in [0.05, 0.1) is 25.1 Å². The Balaban J connectivity index is 1.10. The van der Waals surface area contributed by atoms with E-state index < -0.39 is 6.23 Å².